The van der Waals surface area contributed by atoms with E-state index in [0.717, 1.165) is 38.0 Å². The zero-order valence-electron chi connectivity index (χ0n) is 12.0. The van der Waals surface area contributed by atoms with Crippen LogP contribution in [0.4, 0.5) is 0 Å². The summed E-state index contributed by atoms with van der Waals surface area (Å²) in [6.45, 7) is 4.97. The summed E-state index contributed by atoms with van der Waals surface area (Å²) < 4.78 is 22.8. The van der Waals surface area contributed by atoms with Gasteiger partial charge in [-0.3, -0.25) is 4.90 Å². The second-order valence-corrected chi connectivity index (χ2v) is 7.86. The molecule has 1 heterocycles. The SMILES string of the molecule is CC1(N)CCN(Cc2ccc(S(C)(=O)=O)cc2)CC1.Cl. The number of hydrogen-bond donors (Lipinski definition) is 1. The lowest BCUT2D eigenvalue weighted by molar-refractivity contribution is 0.165. The number of hydrogen-bond acceptors (Lipinski definition) is 4. The van der Waals surface area contributed by atoms with Crippen molar-refractivity contribution in [1.82, 2.24) is 4.90 Å². The Bertz CT molecular complexity index is 531. The molecule has 1 fully saturated rings. The van der Waals surface area contributed by atoms with Gasteiger partial charge < -0.3 is 5.73 Å². The van der Waals surface area contributed by atoms with Crippen LogP contribution in [0.3, 0.4) is 0 Å². The lowest BCUT2D eigenvalue weighted by Crippen LogP contribution is -2.47. The highest BCUT2D eigenvalue weighted by Gasteiger charge is 2.25. The van der Waals surface area contributed by atoms with Crippen molar-refractivity contribution in [3.63, 3.8) is 0 Å². The van der Waals surface area contributed by atoms with Gasteiger partial charge in [-0.1, -0.05) is 12.1 Å². The van der Waals surface area contributed by atoms with Gasteiger partial charge in [-0.25, -0.2) is 8.42 Å². The second-order valence-electron chi connectivity index (χ2n) is 5.85. The zero-order valence-corrected chi connectivity index (χ0v) is 13.6. The number of nitrogens with two attached hydrogens (primary N) is 1. The Balaban J connectivity index is 0.00000200. The first-order valence-corrected chi connectivity index (χ1v) is 8.46. The Kier molecular flexibility index (Phi) is 5.61. The fourth-order valence-corrected chi connectivity index (χ4v) is 2.95. The summed E-state index contributed by atoms with van der Waals surface area (Å²) in [4.78, 5) is 2.74. The fourth-order valence-electron chi connectivity index (χ4n) is 2.32. The highest BCUT2D eigenvalue weighted by atomic mass is 35.5. The predicted molar refractivity (Wildman–Crippen MR) is 83.9 cm³/mol. The van der Waals surface area contributed by atoms with E-state index >= 15 is 0 Å². The lowest BCUT2D eigenvalue weighted by atomic mass is 9.91. The number of piperidine rings is 1. The predicted octanol–water partition coefficient (Wildman–Crippen LogP) is 1.83. The van der Waals surface area contributed by atoms with Crippen molar-refractivity contribution in [2.24, 2.45) is 5.73 Å². The molecule has 0 bridgehead atoms. The minimum Gasteiger partial charge on any atom is -0.325 e. The van der Waals surface area contributed by atoms with Crippen molar-refractivity contribution in [2.45, 2.75) is 36.7 Å². The third kappa shape index (κ3) is 4.74. The molecule has 1 aliphatic rings. The van der Waals surface area contributed by atoms with Gasteiger partial charge in [-0.05, 0) is 37.5 Å². The maximum atomic E-state index is 11.4. The molecule has 2 rings (SSSR count). The molecule has 0 aliphatic carbocycles. The molecule has 6 heteroatoms. The number of sulfone groups is 1. The Morgan fingerprint density at radius 2 is 1.70 bits per heavy atom. The van der Waals surface area contributed by atoms with Crippen LogP contribution >= 0.6 is 12.4 Å². The summed E-state index contributed by atoms with van der Waals surface area (Å²) in [5, 5.41) is 0. The Hall–Kier alpha value is -0.620. The van der Waals surface area contributed by atoms with Gasteiger partial charge >= 0.3 is 0 Å². The molecule has 20 heavy (non-hydrogen) atoms. The van der Waals surface area contributed by atoms with E-state index in [4.69, 9.17) is 5.73 Å². The average Bonchev–Trinajstić information content (AvgIpc) is 2.31. The van der Waals surface area contributed by atoms with Crippen molar-refractivity contribution >= 4 is 22.2 Å². The van der Waals surface area contributed by atoms with E-state index in [1.54, 1.807) is 12.1 Å². The summed E-state index contributed by atoms with van der Waals surface area (Å²) in [5.41, 5.74) is 7.22. The van der Waals surface area contributed by atoms with Crippen molar-refractivity contribution in [3.05, 3.63) is 29.8 Å². The molecule has 0 aromatic heterocycles. The van der Waals surface area contributed by atoms with Crippen LogP contribution in [-0.2, 0) is 16.4 Å². The van der Waals surface area contributed by atoms with E-state index in [9.17, 15) is 8.42 Å². The van der Waals surface area contributed by atoms with Crippen molar-refractivity contribution in [1.29, 1.82) is 0 Å². The van der Waals surface area contributed by atoms with Crippen LogP contribution in [0, 0.1) is 0 Å². The lowest BCUT2D eigenvalue weighted by Gasteiger charge is -2.36. The molecule has 1 saturated heterocycles. The topological polar surface area (TPSA) is 63.4 Å². The van der Waals surface area contributed by atoms with Gasteiger partial charge in [0.2, 0.25) is 0 Å². The summed E-state index contributed by atoms with van der Waals surface area (Å²) in [6.07, 6.45) is 3.25. The normalized spacial score (nSPS) is 19.4. The van der Waals surface area contributed by atoms with Gasteiger partial charge in [0.25, 0.3) is 0 Å². The Morgan fingerprint density at radius 3 is 2.15 bits per heavy atom. The van der Waals surface area contributed by atoms with Crippen molar-refractivity contribution < 1.29 is 8.42 Å². The Morgan fingerprint density at radius 1 is 1.20 bits per heavy atom. The van der Waals surface area contributed by atoms with Crippen LogP contribution in [0.1, 0.15) is 25.3 Å². The summed E-state index contributed by atoms with van der Waals surface area (Å²) >= 11 is 0. The number of rotatable bonds is 3. The molecule has 114 valence electrons. The molecular weight excluding hydrogens is 296 g/mol. The molecule has 0 amide bonds. The van der Waals surface area contributed by atoms with Crippen LogP contribution in [0.5, 0.6) is 0 Å². The van der Waals surface area contributed by atoms with Gasteiger partial charge in [0, 0.05) is 31.4 Å². The van der Waals surface area contributed by atoms with E-state index in [-0.39, 0.29) is 17.9 Å². The zero-order chi connectivity index (χ0) is 14.1. The first kappa shape index (κ1) is 17.4. The molecule has 0 radical (unpaired) electrons. The number of benzene rings is 1. The number of likely N-dealkylation sites (tertiary alicyclic amines) is 1. The van der Waals surface area contributed by atoms with E-state index in [0.29, 0.717) is 4.90 Å². The molecule has 1 aliphatic heterocycles. The maximum Gasteiger partial charge on any atom is 0.175 e. The third-order valence-corrected chi connectivity index (χ3v) is 4.88. The van der Waals surface area contributed by atoms with Gasteiger partial charge in [-0.2, -0.15) is 0 Å². The first-order valence-electron chi connectivity index (χ1n) is 6.57. The monoisotopic (exact) mass is 318 g/mol. The van der Waals surface area contributed by atoms with Crippen LogP contribution in [-0.4, -0.2) is 38.2 Å². The van der Waals surface area contributed by atoms with E-state index in [2.05, 4.69) is 11.8 Å². The molecule has 0 atom stereocenters. The molecule has 0 unspecified atom stereocenters. The quantitative estimate of drug-likeness (QED) is 0.923. The van der Waals surface area contributed by atoms with Gasteiger partial charge in [-0.15, -0.1) is 12.4 Å². The largest absolute Gasteiger partial charge is 0.325 e. The van der Waals surface area contributed by atoms with Gasteiger partial charge in [0.1, 0.15) is 0 Å². The second kappa shape index (κ2) is 6.43. The fraction of sp³-hybridized carbons (Fsp3) is 0.571. The van der Waals surface area contributed by atoms with Crippen molar-refractivity contribution in [2.75, 3.05) is 19.3 Å². The molecule has 1 aromatic rings. The van der Waals surface area contributed by atoms with Crippen LogP contribution < -0.4 is 5.73 Å². The summed E-state index contributed by atoms with van der Waals surface area (Å²) in [6, 6.07) is 7.16. The molecule has 0 saturated carbocycles. The molecule has 4 nitrogen and oxygen atoms in total. The number of halogens is 1. The molecule has 1 aromatic carbocycles. The molecule has 0 spiro atoms. The van der Waals surface area contributed by atoms with E-state index < -0.39 is 9.84 Å². The summed E-state index contributed by atoms with van der Waals surface area (Å²) in [7, 11) is -3.10. The number of nitrogens with zero attached hydrogens (tertiary/aromatic N) is 1. The third-order valence-electron chi connectivity index (χ3n) is 3.76. The Labute approximate surface area is 127 Å². The van der Waals surface area contributed by atoms with Gasteiger partial charge in [0.15, 0.2) is 9.84 Å². The smallest absolute Gasteiger partial charge is 0.175 e. The molecular formula is C14H23ClN2O2S. The van der Waals surface area contributed by atoms with Gasteiger partial charge in [0.05, 0.1) is 4.90 Å². The minimum atomic E-state index is -3.10. The van der Waals surface area contributed by atoms with E-state index in [1.165, 1.54) is 6.26 Å². The maximum absolute atomic E-state index is 11.4. The van der Waals surface area contributed by atoms with Crippen LogP contribution in [0.2, 0.25) is 0 Å². The minimum absolute atomic E-state index is 0. The standard InChI is InChI=1S/C14H22N2O2S.ClH/c1-14(15)7-9-16(10-8-14)11-12-3-5-13(6-4-12)19(2,17)18;/h3-6H,7-11,15H2,1-2H3;1H. The molecule has 2 N–H and O–H groups in total. The highest BCUT2D eigenvalue weighted by molar-refractivity contribution is 7.90. The van der Waals surface area contributed by atoms with E-state index in [1.807, 2.05) is 12.1 Å². The van der Waals surface area contributed by atoms with Crippen LogP contribution in [0.25, 0.3) is 0 Å². The van der Waals surface area contributed by atoms with Crippen molar-refractivity contribution in [3.8, 4) is 0 Å². The highest BCUT2D eigenvalue weighted by Crippen LogP contribution is 2.20. The average molecular weight is 319 g/mol. The van der Waals surface area contributed by atoms with Crippen LogP contribution in [0.15, 0.2) is 29.2 Å². The summed E-state index contributed by atoms with van der Waals surface area (Å²) in [5.74, 6) is 0. The first-order chi connectivity index (χ1) is 8.76.